The van der Waals surface area contributed by atoms with Crippen LogP contribution in [0.4, 0.5) is 5.69 Å². The lowest BCUT2D eigenvalue weighted by molar-refractivity contribution is -0.139. The second kappa shape index (κ2) is 12.0. The molecule has 2 aromatic carbocycles. The van der Waals surface area contributed by atoms with E-state index in [1.807, 2.05) is 19.9 Å². The van der Waals surface area contributed by atoms with Crippen LogP contribution in [0.1, 0.15) is 37.8 Å². The highest BCUT2D eigenvalue weighted by Gasteiger charge is 2.30. The molecule has 0 aliphatic carbocycles. The molecule has 2 aromatic rings. The number of nitrogens with one attached hydrogen (secondary N) is 1. The number of unbranched alkanes of at least 4 members (excludes halogenated alkanes) is 1. The maximum absolute atomic E-state index is 13.4. The van der Waals surface area contributed by atoms with Crippen molar-refractivity contribution in [3.8, 4) is 0 Å². The average Bonchev–Trinajstić information content (AvgIpc) is 2.75. The van der Waals surface area contributed by atoms with Crippen molar-refractivity contribution in [2.24, 2.45) is 0 Å². The van der Waals surface area contributed by atoms with Crippen LogP contribution in [0.15, 0.2) is 48.5 Å². The van der Waals surface area contributed by atoms with Crippen LogP contribution in [0, 0.1) is 6.92 Å². The molecule has 180 valence electrons. The number of nitrogens with zero attached hydrogens (tertiary/aromatic N) is 2. The van der Waals surface area contributed by atoms with Gasteiger partial charge in [-0.1, -0.05) is 49.2 Å². The third kappa shape index (κ3) is 8.05. The largest absolute Gasteiger partial charge is 0.354 e. The standard InChI is InChI=1S/C24H32ClN3O4S/c1-5-6-14-26-24(30)19(3)27(16-20-10-12-21(25)13-11-20)23(29)17-28(33(4,31)32)22-9-7-8-18(2)15-22/h7-13,15,19H,5-6,14,16-17H2,1-4H3,(H,26,30). The van der Waals surface area contributed by atoms with Crippen molar-refractivity contribution >= 4 is 39.1 Å². The van der Waals surface area contributed by atoms with Crippen molar-refractivity contribution in [1.82, 2.24) is 10.2 Å². The van der Waals surface area contributed by atoms with E-state index in [2.05, 4.69) is 5.32 Å². The van der Waals surface area contributed by atoms with Crippen molar-refractivity contribution in [3.63, 3.8) is 0 Å². The smallest absolute Gasteiger partial charge is 0.244 e. The summed E-state index contributed by atoms with van der Waals surface area (Å²) >= 11 is 5.98. The molecule has 0 aliphatic heterocycles. The molecule has 0 radical (unpaired) electrons. The highest BCUT2D eigenvalue weighted by molar-refractivity contribution is 7.92. The van der Waals surface area contributed by atoms with Gasteiger partial charge in [-0.15, -0.1) is 0 Å². The number of hydrogen-bond donors (Lipinski definition) is 1. The molecule has 0 fully saturated rings. The van der Waals surface area contributed by atoms with Gasteiger partial charge >= 0.3 is 0 Å². The summed E-state index contributed by atoms with van der Waals surface area (Å²) in [4.78, 5) is 27.6. The van der Waals surface area contributed by atoms with Gasteiger partial charge in [0.05, 0.1) is 11.9 Å². The Morgan fingerprint density at radius 2 is 1.79 bits per heavy atom. The first-order chi connectivity index (χ1) is 15.5. The highest BCUT2D eigenvalue weighted by atomic mass is 35.5. The molecule has 1 atom stereocenters. The van der Waals surface area contributed by atoms with Crippen molar-refractivity contribution < 1.29 is 18.0 Å². The van der Waals surface area contributed by atoms with Gasteiger partial charge in [0.2, 0.25) is 21.8 Å². The second-order valence-corrected chi connectivity index (χ2v) is 10.4. The van der Waals surface area contributed by atoms with E-state index in [4.69, 9.17) is 11.6 Å². The van der Waals surface area contributed by atoms with Gasteiger partial charge in [0.1, 0.15) is 12.6 Å². The summed E-state index contributed by atoms with van der Waals surface area (Å²) in [6.07, 6.45) is 2.83. The fraction of sp³-hybridized carbons (Fsp3) is 0.417. The molecule has 9 heteroatoms. The van der Waals surface area contributed by atoms with Crippen LogP contribution in [-0.4, -0.2) is 50.5 Å². The van der Waals surface area contributed by atoms with Gasteiger partial charge in [-0.3, -0.25) is 13.9 Å². The third-order valence-electron chi connectivity index (χ3n) is 5.23. The minimum Gasteiger partial charge on any atom is -0.354 e. The zero-order valence-electron chi connectivity index (χ0n) is 19.5. The molecule has 0 aliphatic rings. The van der Waals surface area contributed by atoms with Crippen LogP contribution < -0.4 is 9.62 Å². The fourth-order valence-corrected chi connectivity index (χ4v) is 4.27. The van der Waals surface area contributed by atoms with E-state index in [1.54, 1.807) is 49.4 Å². The molecule has 1 N–H and O–H groups in total. The van der Waals surface area contributed by atoms with E-state index in [0.717, 1.165) is 34.5 Å². The molecule has 0 saturated carbocycles. The van der Waals surface area contributed by atoms with Crippen molar-refractivity contribution in [2.75, 3.05) is 23.7 Å². The predicted octanol–water partition coefficient (Wildman–Crippen LogP) is 3.75. The Labute approximate surface area is 201 Å². The van der Waals surface area contributed by atoms with Crippen molar-refractivity contribution in [2.45, 2.75) is 46.2 Å². The van der Waals surface area contributed by atoms with Gasteiger partial charge in [-0.25, -0.2) is 8.42 Å². The van der Waals surface area contributed by atoms with Gasteiger partial charge in [-0.05, 0) is 55.7 Å². The minimum absolute atomic E-state index is 0.143. The van der Waals surface area contributed by atoms with Crippen LogP contribution in [0.5, 0.6) is 0 Å². The Hall–Kier alpha value is -2.58. The van der Waals surface area contributed by atoms with Gasteiger partial charge in [0.25, 0.3) is 0 Å². The molecule has 0 bridgehead atoms. The number of hydrogen-bond acceptors (Lipinski definition) is 4. The fourth-order valence-electron chi connectivity index (χ4n) is 3.30. The predicted molar refractivity (Wildman–Crippen MR) is 133 cm³/mol. The number of amides is 2. The molecule has 2 amide bonds. The van der Waals surface area contributed by atoms with Crippen LogP contribution in [-0.2, 0) is 26.2 Å². The van der Waals surface area contributed by atoms with Crippen molar-refractivity contribution in [1.29, 1.82) is 0 Å². The first kappa shape index (κ1) is 26.7. The molecule has 7 nitrogen and oxygen atoms in total. The monoisotopic (exact) mass is 493 g/mol. The molecule has 33 heavy (non-hydrogen) atoms. The Morgan fingerprint density at radius 3 is 2.36 bits per heavy atom. The lowest BCUT2D eigenvalue weighted by atomic mass is 10.1. The normalized spacial score (nSPS) is 12.2. The number of halogens is 1. The lowest BCUT2D eigenvalue weighted by Crippen LogP contribution is -2.51. The summed E-state index contributed by atoms with van der Waals surface area (Å²) in [6, 6.07) is 13.1. The molecule has 2 rings (SSSR count). The Morgan fingerprint density at radius 1 is 1.12 bits per heavy atom. The molecule has 0 spiro atoms. The first-order valence-electron chi connectivity index (χ1n) is 10.9. The van der Waals surface area contributed by atoms with E-state index >= 15 is 0 Å². The number of sulfonamides is 1. The summed E-state index contributed by atoms with van der Waals surface area (Å²) in [5.74, 6) is -0.762. The van der Waals surface area contributed by atoms with Crippen molar-refractivity contribution in [3.05, 3.63) is 64.7 Å². The number of carbonyl (C=O) groups excluding carboxylic acids is 2. The Kier molecular flexibility index (Phi) is 9.73. The van der Waals surface area contributed by atoms with E-state index < -0.39 is 28.5 Å². The summed E-state index contributed by atoms with van der Waals surface area (Å²) in [6.45, 7) is 5.76. The average molecular weight is 494 g/mol. The van der Waals surface area contributed by atoms with Crippen LogP contribution in [0.2, 0.25) is 5.02 Å². The summed E-state index contributed by atoms with van der Waals surface area (Å²) < 4.78 is 26.1. The van der Waals surface area contributed by atoms with E-state index in [1.165, 1.54) is 4.90 Å². The molecular formula is C24H32ClN3O4S. The lowest BCUT2D eigenvalue weighted by Gasteiger charge is -2.31. The van der Waals surface area contributed by atoms with Crippen LogP contribution in [0.3, 0.4) is 0 Å². The summed E-state index contributed by atoms with van der Waals surface area (Å²) in [5, 5.41) is 3.41. The van der Waals surface area contributed by atoms with Gasteiger partial charge in [-0.2, -0.15) is 0 Å². The second-order valence-electron chi connectivity index (χ2n) is 8.08. The zero-order valence-corrected chi connectivity index (χ0v) is 21.1. The molecule has 0 heterocycles. The van der Waals surface area contributed by atoms with Gasteiger partial charge < -0.3 is 10.2 Å². The van der Waals surface area contributed by atoms with Crippen LogP contribution in [0.25, 0.3) is 0 Å². The SMILES string of the molecule is CCCCNC(=O)C(C)N(Cc1ccc(Cl)cc1)C(=O)CN(c1cccc(C)c1)S(C)(=O)=O. The minimum atomic E-state index is -3.74. The zero-order chi connectivity index (χ0) is 24.6. The first-order valence-corrected chi connectivity index (χ1v) is 13.1. The van der Waals surface area contributed by atoms with E-state index in [-0.39, 0.29) is 12.5 Å². The maximum Gasteiger partial charge on any atom is 0.244 e. The topological polar surface area (TPSA) is 86.8 Å². The number of rotatable bonds is 11. The molecular weight excluding hydrogens is 462 g/mol. The summed E-state index contributed by atoms with van der Waals surface area (Å²) in [7, 11) is -3.74. The number of carbonyl (C=O) groups is 2. The van der Waals surface area contributed by atoms with E-state index in [9.17, 15) is 18.0 Å². The van der Waals surface area contributed by atoms with E-state index in [0.29, 0.717) is 17.3 Å². The number of aryl methyl sites for hydroxylation is 1. The number of anilines is 1. The molecule has 1 unspecified atom stereocenters. The Bertz CT molecular complexity index is 1060. The third-order valence-corrected chi connectivity index (χ3v) is 6.62. The highest BCUT2D eigenvalue weighted by Crippen LogP contribution is 2.20. The van der Waals surface area contributed by atoms with Gasteiger partial charge in [0.15, 0.2) is 0 Å². The van der Waals surface area contributed by atoms with Gasteiger partial charge in [0, 0.05) is 18.1 Å². The molecule has 0 aromatic heterocycles. The Balaban J connectivity index is 2.33. The molecule has 0 saturated heterocycles. The maximum atomic E-state index is 13.4. The number of benzene rings is 2. The van der Waals surface area contributed by atoms with Crippen LogP contribution >= 0.6 is 11.6 Å². The summed E-state index contributed by atoms with van der Waals surface area (Å²) in [5.41, 5.74) is 2.05. The quantitative estimate of drug-likeness (QED) is 0.483.